The maximum absolute atomic E-state index is 13.0. The Bertz CT molecular complexity index is 919. The minimum absolute atomic E-state index is 0.0868. The van der Waals surface area contributed by atoms with Gasteiger partial charge in [0.05, 0.1) is 37.0 Å². The summed E-state index contributed by atoms with van der Waals surface area (Å²) in [6, 6.07) is -3.39. The summed E-state index contributed by atoms with van der Waals surface area (Å²) >= 11 is 0. The third kappa shape index (κ3) is 6.14. The van der Waals surface area contributed by atoms with Gasteiger partial charge in [-0.05, 0) is 19.3 Å². The molecule has 0 aromatic rings. The van der Waals surface area contributed by atoms with Crippen LogP contribution in [0.4, 0.5) is 0 Å². The molecule has 0 aromatic heterocycles. The smallest absolute Gasteiger partial charge is 0.253 e. The molecule has 16 heteroatoms. The number of nitrogens with one attached hydrogen (secondary N) is 3. The van der Waals surface area contributed by atoms with Crippen molar-refractivity contribution in [2.24, 2.45) is 28.9 Å². The number of amides is 1. The Morgan fingerprint density at radius 3 is 2.34 bits per heavy atom. The molecule has 16 N–H and O–H groups in total. The number of hydrogen-bond donors (Lipinski definition) is 12. The van der Waals surface area contributed by atoms with Gasteiger partial charge in [-0.3, -0.25) is 4.79 Å². The van der Waals surface area contributed by atoms with Gasteiger partial charge in [0.15, 0.2) is 11.9 Å². The predicted octanol–water partition coefficient (Wildman–Crippen LogP) is -6.77. The van der Waals surface area contributed by atoms with Crippen LogP contribution < -0.4 is 38.9 Å². The second kappa shape index (κ2) is 12.5. The van der Waals surface area contributed by atoms with Gasteiger partial charge in [-0.25, -0.2) is 0 Å². The molecule has 0 bridgehead atoms. The summed E-state index contributed by atoms with van der Waals surface area (Å²) in [5, 5.41) is 62.7. The first-order valence-electron chi connectivity index (χ1n) is 14.6. The van der Waals surface area contributed by atoms with Crippen LogP contribution in [0, 0.1) is 5.92 Å². The minimum atomic E-state index is -1.74. The van der Waals surface area contributed by atoms with Crippen molar-refractivity contribution in [2.45, 2.75) is 117 Å². The Labute approximate surface area is 238 Å². The van der Waals surface area contributed by atoms with E-state index in [1.54, 1.807) is 0 Å². The highest BCUT2D eigenvalue weighted by molar-refractivity contribution is 5.89. The van der Waals surface area contributed by atoms with Crippen molar-refractivity contribution in [1.82, 2.24) is 16.0 Å². The van der Waals surface area contributed by atoms with Crippen molar-refractivity contribution >= 4 is 5.91 Å². The summed E-state index contributed by atoms with van der Waals surface area (Å²) in [6.45, 7) is 1.33. The fourth-order valence-electron chi connectivity index (χ4n) is 6.60. The summed E-state index contributed by atoms with van der Waals surface area (Å²) < 4.78 is 18.2. The van der Waals surface area contributed by atoms with Crippen molar-refractivity contribution < 1.29 is 44.5 Å². The van der Waals surface area contributed by atoms with Crippen LogP contribution >= 0.6 is 0 Å². The average molecular weight is 590 g/mol. The molecule has 3 aliphatic heterocycles. The molecule has 15 unspecified atom stereocenters. The standard InChI is InChI=1S/C25H47N7O9/c26-5-10-1-2-12(31-9-6-30-7-9)21(39-10)16-11(27)3-13(32-24(37)25(38)4-15(25)28)22(19(16)35)41-23-20(36)17(29)18(34)14(8-33)40-23/h9-23,30-31,33-36,38H,1-8,26-29H2,(H,32,37). The van der Waals surface area contributed by atoms with E-state index in [9.17, 15) is 30.3 Å². The zero-order chi connectivity index (χ0) is 29.6. The Kier molecular flexibility index (Phi) is 9.55. The lowest BCUT2D eigenvalue weighted by Crippen LogP contribution is -2.71. The summed E-state index contributed by atoms with van der Waals surface area (Å²) in [4.78, 5) is 13.0. The van der Waals surface area contributed by atoms with E-state index in [0.29, 0.717) is 6.54 Å². The van der Waals surface area contributed by atoms with Gasteiger partial charge < -0.3 is 78.6 Å². The van der Waals surface area contributed by atoms with Crippen LogP contribution in [-0.4, -0.2) is 149 Å². The van der Waals surface area contributed by atoms with Gasteiger partial charge in [-0.1, -0.05) is 0 Å². The summed E-state index contributed by atoms with van der Waals surface area (Å²) in [5.41, 5.74) is 22.6. The van der Waals surface area contributed by atoms with Gasteiger partial charge in [-0.2, -0.15) is 0 Å². The van der Waals surface area contributed by atoms with E-state index in [1.807, 2.05) is 0 Å². The maximum atomic E-state index is 13.0. The molecule has 5 fully saturated rings. The van der Waals surface area contributed by atoms with Crippen molar-refractivity contribution in [1.29, 1.82) is 0 Å². The quantitative estimate of drug-likeness (QED) is 0.119. The minimum Gasteiger partial charge on any atom is -0.394 e. The SMILES string of the molecule is NCC1CCC(NC2CNC2)C(C2C(N)CC(NC(=O)C3(O)CC3N)C(OC3OC(CO)C(O)C(N)C3O)C2O)O1. The Hall–Kier alpha value is -1.09. The molecule has 3 saturated heterocycles. The number of nitrogens with two attached hydrogens (primary N) is 4. The van der Waals surface area contributed by atoms with Gasteiger partial charge in [0, 0.05) is 56.1 Å². The monoisotopic (exact) mass is 589 g/mol. The molecule has 3 heterocycles. The lowest BCUT2D eigenvalue weighted by molar-refractivity contribution is -0.306. The highest BCUT2D eigenvalue weighted by atomic mass is 16.7. The third-order valence-corrected chi connectivity index (χ3v) is 9.49. The van der Waals surface area contributed by atoms with Crippen molar-refractivity contribution in [3.05, 3.63) is 0 Å². The first kappa shape index (κ1) is 31.3. The van der Waals surface area contributed by atoms with Crippen LogP contribution in [0.3, 0.4) is 0 Å². The number of hydrogen-bond acceptors (Lipinski definition) is 15. The van der Waals surface area contributed by atoms with Gasteiger partial charge in [-0.15, -0.1) is 0 Å². The number of carbonyl (C=O) groups is 1. The second-order valence-electron chi connectivity index (χ2n) is 12.3. The van der Waals surface area contributed by atoms with E-state index in [4.69, 9.17) is 37.1 Å². The normalized spacial score (nSPS) is 50.7. The fourth-order valence-corrected chi connectivity index (χ4v) is 6.60. The van der Waals surface area contributed by atoms with E-state index in [1.165, 1.54) is 0 Å². The van der Waals surface area contributed by atoms with Crippen LogP contribution in [0.25, 0.3) is 0 Å². The molecule has 1 amide bonds. The highest BCUT2D eigenvalue weighted by Crippen LogP contribution is 2.39. The topological polar surface area (TPSA) is 286 Å². The molecule has 5 rings (SSSR count). The average Bonchev–Trinajstić information content (AvgIpc) is 3.55. The summed E-state index contributed by atoms with van der Waals surface area (Å²) in [7, 11) is 0. The molecule has 41 heavy (non-hydrogen) atoms. The second-order valence-corrected chi connectivity index (χ2v) is 12.3. The van der Waals surface area contributed by atoms with Gasteiger partial charge >= 0.3 is 0 Å². The fraction of sp³-hybridized carbons (Fsp3) is 0.960. The van der Waals surface area contributed by atoms with Crippen LogP contribution in [-0.2, 0) is 19.0 Å². The van der Waals surface area contributed by atoms with E-state index in [-0.39, 0.29) is 31.0 Å². The number of carbonyl (C=O) groups excluding carboxylic acids is 1. The number of ether oxygens (including phenoxy) is 3. The lowest BCUT2D eigenvalue weighted by atomic mass is 9.72. The van der Waals surface area contributed by atoms with E-state index in [2.05, 4.69) is 16.0 Å². The van der Waals surface area contributed by atoms with Crippen LogP contribution in [0.2, 0.25) is 0 Å². The third-order valence-electron chi connectivity index (χ3n) is 9.49. The predicted molar refractivity (Wildman–Crippen MR) is 143 cm³/mol. The van der Waals surface area contributed by atoms with E-state index >= 15 is 0 Å². The molecule has 0 aromatic carbocycles. The van der Waals surface area contributed by atoms with Gasteiger partial charge in [0.1, 0.15) is 24.4 Å². The summed E-state index contributed by atoms with van der Waals surface area (Å²) in [6.07, 6.45) is -7.05. The van der Waals surface area contributed by atoms with Gasteiger partial charge in [0.2, 0.25) is 0 Å². The first-order chi connectivity index (χ1) is 19.5. The zero-order valence-corrected chi connectivity index (χ0v) is 23.0. The van der Waals surface area contributed by atoms with Crippen LogP contribution in [0.5, 0.6) is 0 Å². The molecule has 0 spiro atoms. The molecule has 5 aliphatic rings. The molecule has 236 valence electrons. The Morgan fingerprint density at radius 2 is 1.76 bits per heavy atom. The number of aliphatic hydroxyl groups excluding tert-OH is 4. The molecule has 15 atom stereocenters. The summed E-state index contributed by atoms with van der Waals surface area (Å²) in [5.74, 6) is -1.39. The van der Waals surface area contributed by atoms with Crippen molar-refractivity contribution in [2.75, 3.05) is 26.2 Å². The molecule has 16 nitrogen and oxygen atoms in total. The van der Waals surface area contributed by atoms with Gasteiger partial charge in [0.25, 0.3) is 5.91 Å². The van der Waals surface area contributed by atoms with Crippen LogP contribution in [0.15, 0.2) is 0 Å². The molecular formula is C25H47N7O9. The van der Waals surface area contributed by atoms with Crippen molar-refractivity contribution in [3.63, 3.8) is 0 Å². The van der Waals surface area contributed by atoms with E-state index < -0.39 is 91.1 Å². The van der Waals surface area contributed by atoms with Crippen molar-refractivity contribution in [3.8, 4) is 0 Å². The Balaban J connectivity index is 1.40. The number of rotatable bonds is 9. The first-order valence-corrected chi connectivity index (χ1v) is 14.6. The number of aliphatic hydroxyl groups is 5. The Morgan fingerprint density at radius 1 is 1.05 bits per heavy atom. The zero-order valence-electron chi connectivity index (χ0n) is 23.0. The molecular weight excluding hydrogens is 542 g/mol. The molecule has 2 saturated carbocycles. The largest absolute Gasteiger partial charge is 0.394 e. The molecule has 2 aliphatic carbocycles. The van der Waals surface area contributed by atoms with Crippen LogP contribution in [0.1, 0.15) is 25.7 Å². The lowest BCUT2D eigenvalue weighted by Gasteiger charge is -2.52. The molecule has 0 radical (unpaired) electrons. The highest BCUT2D eigenvalue weighted by Gasteiger charge is 2.59. The maximum Gasteiger partial charge on any atom is 0.253 e. The van der Waals surface area contributed by atoms with E-state index in [0.717, 1.165) is 25.9 Å².